The third kappa shape index (κ3) is 9.97. The third-order valence-electron chi connectivity index (χ3n) is 4.98. The molecule has 0 fully saturated rings. The van der Waals surface area contributed by atoms with Gasteiger partial charge in [-0.1, -0.05) is 95.0 Å². The minimum atomic E-state index is 0. The average Bonchev–Trinajstić information content (AvgIpc) is 2.65. The summed E-state index contributed by atoms with van der Waals surface area (Å²) in [5.74, 6) is 0. The van der Waals surface area contributed by atoms with Crippen LogP contribution < -0.4 is 17.0 Å². The summed E-state index contributed by atoms with van der Waals surface area (Å²) in [6.45, 7) is 3.25. The van der Waals surface area contributed by atoms with Crippen molar-refractivity contribution in [3.05, 3.63) is 66.0 Å². The molecule has 144 valence electrons. The Labute approximate surface area is 167 Å². The van der Waals surface area contributed by atoms with Crippen LogP contribution in [0.15, 0.2) is 54.9 Å². The molecule has 0 unspecified atom stereocenters. The Morgan fingerprint density at radius 2 is 1.12 bits per heavy atom. The molecule has 2 aromatic rings. The SMILES string of the molecule is CCCCCCCCCCCCc1ccc(C[n+]2ccccc2)cc1.[Cl-]. The van der Waals surface area contributed by atoms with Gasteiger partial charge in [-0.15, -0.1) is 0 Å². The van der Waals surface area contributed by atoms with Gasteiger partial charge in [0.25, 0.3) is 0 Å². The fraction of sp³-hybridized carbons (Fsp3) is 0.542. The third-order valence-corrected chi connectivity index (χ3v) is 4.98. The highest BCUT2D eigenvalue weighted by Gasteiger charge is 2.01. The zero-order valence-electron chi connectivity index (χ0n) is 16.5. The van der Waals surface area contributed by atoms with Gasteiger partial charge < -0.3 is 12.4 Å². The predicted octanol–water partition coefficient (Wildman–Crippen LogP) is 3.49. The summed E-state index contributed by atoms with van der Waals surface area (Å²) in [5, 5.41) is 0. The van der Waals surface area contributed by atoms with E-state index in [0.29, 0.717) is 0 Å². The van der Waals surface area contributed by atoms with Crippen LogP contribution in [0.5, 0.6) is 0 Å². The van der Waals surface area contributed by atoms with Crippen LogP contribution in [-0.2, 0) is 13.0 Å². The first-order valence-corrected chi connectivity index (χ1v) is 10.4. The van der Waals surface area contributed by atoms with Crippen molar-refractivity contribution in [2.45, 2.75) is 84.1 Å². The number of halogens is 1. The van der Waals surface area contributed by atoms with Crippen LogP contribution in [0.25, 0.3) is 0 Å². The van der Waals surface area contributed by atoms with Crippen molar-refractivity contribution in [3.8, 4) is 0 Å². The van der Waals surface area contributed by atoms with E-state index in [0.717, 1.165) is 6.54 Å². The maximum absolute atomic E-state index is 2.31. The lowest BCUT2D eigenvalue weighted by Crippen LogP contribution is -3.00. The van der Waals surface area contributed by atoms with Gasteiger partial charge in [0.15, 0.2) is 18.9 Å². The lowest BCUT2D eigenvalue weighted by atomic mass is 10.0. The van der Waals surface area contributed by atoms with Crippen LogP contribution in [0.4, 0.5) is 0 Å². The van der Waals surface area contributed by atoms with Gasteiger partial charge in [0.1, 0.15) is 0 Å². The molecule has 0 N–H and O–H groups in total. The van der Waals surface area contributed by atoms with E-state index in [-0.39, 0.29) is 12.4 Å². The molecule has 0 atom stereocenters. The smallest absolute Gasteiger partial charge is 0.173 e. The molecule has 0 bridgehead atoms. The molecule has 0 aliphatic heterocycles. The van der Waals surface area contributed by atoms with Gasteiger partial charge in [-0.2, -0.15) is 0 Å². The summed E-state index contributed by atoms with van der Waals surface area (Å²) >= 11 is 0. The van der Waals surface area contributed by atoms with Crippen molar-refractivity contribution >= 4 is 0 Å². The lowest BCUT2D eigenvalue weighted by molar-refractivity contribution is -0.688. The summed E-state index contributed by atoms with van der Waals surface area (Å²) in [7, 11) is 0. The Morgan fingerprint density at radius 3 is 1.69 bits per heavy atom. The minimum absolute atomic E-state index is 0. The van der Waals surface area contributed by atoms with E-state index < -0.39 is 0 Å². The van der Waals surface area contributed by atoms with Gasteiger partial charge in [0.05, 0.1) is 0 Å². The van der Waals surface area contributed by atoms with E-state index in [1.54, 1.807) is 0 Å². The van der Waals surface area contributed by atoms with Crippen molar-refractivity contribution in [1.82, 2.24) is 0 Å². The zero-order chi connectivity index (χ0) is 17.6. The van der Waals surface area contributed by atoms with E-state index in [4.69, 9.17) is 0 Å². The van der Waals surface area contributed by atoms with Crippen molar-refractivity contribution < 1.29 is 17.0 Å². The van der Waals surface area contributed by atoms with Crippen LogP contribution in [-0.4, -0.2) is 0 Å². The van der Waals surface area contributed by atoms with Gasteiger partial charge >= 0.3 is 0 Å². The van der Waals surface area contributed by atoms with Crippen LogP contribution >= 0.6 is 0 Å². The highest BCUT2D eigenvalue weighted by atomic mass is 35.5. The molecule has 1 nitrogen and oxygen atoms in total. The number of pyridine rings is 1. The molecule has 2 heteroatoms. The fourth-order valence-electron chi connectivity index (χ4n) is 3.38. The number of rotatable bonds is 13. The molecule has 0 saturated carbocycles. The number of aryl methyl sites for hydroxylation is 1. The molecule has 0 spiro atoms. The zero-order valence-corrected chi connectivity index (χ0v) is 17.3. The highest BCUT2D eigenvalue weighted by molar-refractivity contribution is 5.22. The maximum Gasteiger partial charge on any atom is 0.173 e. The molecule has 0 saturated heterocycles. The first-order chi connectivity index (χ1) is 12.4. The molecule has 0 radical (unpaired) electrons. The Kier molecular flexibility index (Phi) is 12.9. The van der Waals surface area contributed by atoms with E-state index in [1.165, 1.54) is 81.8 Å². The summed E-state index contributed by atoms with van der Waals surface area (Å²) in [6, 6.07) is 15.4. The molecule has 0 aliphatic carbocycles. The quantitative estimate of drug-likeness (QED) is 0.374. The largest absolute Gasteiger partial charge is 1.00 e. The Bertz CT molecular complexity index is 550. The molecule has 2 rings (SSSR count). The number of unbranched alkanes of at least 4 members (excludes halogenated alkanes) is 9. The van der Waals surface area contributed by atoms with Crippen LogP contribution in [0.1, 0.15) is 82.3 Å². The Balaban J connectivity index is 0.00000338. The fourth-order valence-corrected chi connectivity index (χ4v) is 3.38. The maximum atomic E-state index is 2.31. The second-order valence-corrected chi connectivity index (χ2v) is 7.30. The van der Waals surface area contributed by atoms with Gasteiger partial charge in [0.2, 0.25) is 0 Å². The monoisotopic (exact) mass is 373 g/mol. The average molecular weight is 374 g/mol. The number of aromatic nitrogens is 1. The van der Waals surface area contributed by atoms with Crippen molar-refractivity contribution in [2.75, 3.05) is 0 Å². The highest BCUT2D eigenvalue weighted by Crippen LogP contribution is 2.13. The Hall–Kier alpha value is -1.34. The van der Waals surface area contributed by atoms with E-state index >= 15 is 0 Å². The lowest BCUT2D eigenvalue weighted by Gasteiger charge is -2.04. The Morgan fingerprint density at radius 1 is 0.615 bits per heavy atom. The van der Waals surface area contributed by atoms with E-state index in [9.17, 15) is 0 Å². The number of hydrogen-bond acceptors (Lipinski definition) is 0. The molecule has 1 aromatic carbocycles. The summed E-state index contributed by atoms with van der Waals surface area (Å²) in [5.41, 5.74) is 2.87. The van der Waals surface area contributed by atoms with Crippen molar-refractivity contribution in [2.24, 2.45) is 0 Å². The molecule has 1 heterocycles. The van der Waals surface area contributed by atoms with E-state index in [2.05, 4.69) is 66.3 Å². The normalized spacial score (nSPS) is 10.5. The first kappa shape index (κ1) is 22.7. The standard InChI is InChI=1S/C24H36N.ClH/c1-2-3-4-5-6-7-8-9-10-12-15-23-16-18-24(19-17-23)22-25-20-13-11-14-21-25;/h11,13-14,16-21H,2-10,12,15,22H2,1H3;1H/q+1;/p-1. The van der Waals surface area contributed by atoms with Crippen molar-refractivity contribution in [3.63, 3.8) is 0 Å². The number of nitrogens with zero attached hydrogens (tertiary/aromatic N) is 1. The second-order valence-electron chi connectivity index (χ2n) is 7.30. The van der Waals surface area contributed by atoms with Gasteiger partial charge in [-0.3, -0.25) is 0 Å². The number of benzene rings is 1. The summed E-state index contributed by atoms with van der Waals surface area (Å²) in [4.78, 5) is 0. The molecular weight excluding hydrogens is 338 g/mol. The minimum Gasteiger partial charge on any atom is -1.00 e. The van der Waals surface area contributed by atoms with Gasteiger partial charge in [-0.25, -0.2) is 4.57 Å². The molecule has 1 aromatic heterocycles. The number of hydrogen-bond donors (Lipinski definition) is 0. The molecule has 0 amide bonds. The van der Waals surface area contributed by atoms with Gasteiger partial charge in [-0.05, 0) is 18.4 Å². The second kappa shape index (κ2) is 14.8. The van der Waals surface area contributed by atoms with Crippen molar-refractivity contribution in [1.29, 1.82) is 0 Å². The molecule has 26 heavy (non-hydrogen) atoms. The van der Waals surface area contributed by atoms with Gasteiger partial charge in [0, 0.05) is 17.7 Å². The first-order valence-electron chi connectivity index (χ1n) is 10.4. The predicted molar refractivity (Wildman–Crippen MR) is 108 cm³/mol. The topological polar surface area (TPSA) is 3.88 Å². The van der Waals surface area contributed by atoms with Crippen LogP contribution in [0, 0.1) is 0 Å². The van der Waals surface area contributed by atoms with Crippen LogP contribution in [0.3, 0.4) is 0 Å². The summed E-state index contributed by atoms with van der Waals surface area (Å²) in [6.07, 6.45) is 19.6. The van der Waals surface area contributed by atoms with Crippen LogP contribution in [0.2, 0.25) is 0 Å². The van der Waals surface area contributed by atoms with E-state index in [1.807, 2.05) is 0 Å². The summed E-state index contributed by atoms with van der Waals surface area (Å²) < 4.78 is 2.22. The molecular formula is C24H36ClN. The molecule has 0 aliphatic rings.